The first-order valence-corrected chi connectivity index (χ1v) is 10.5. The maximum Gasteiger partial charge on any atom is 0.433 e. The smallest absolute Gasteiger partial charge is 0.405 e. The molecule has 0 bridgehead atoms. The van der Waals surface area contributed by atoms with E-state index in [1.54, 1.807) is 0 Å². The van der Waals surface area contributed by atoms with E-state index in [0.717, 1.165) is 12.1 Å². The van der Waals surface area contributed by atoms with Gasteiger partial charge in [0, 0.05) is 6.04 Å². The predicted molar refractivity (Wildman–Crippen MR) is 111 cm³/mol. The van der Waals surface area contributed by atoms with Crippen LogP contribution in [0.25, 0.3) is 0 Å². The lowest BCUT2D eigenvalue weighted by Crippen LogP contribution is -2.40. The normalized spacial score (nSPS) is 18.5. The fraction of sp³-hybridized carbons (Fsp3) is 0.400. The molecule has 9 nitrogen and oxygen atoms in total. The van der Waals surface area contributed by atoms with E-state index in [1.807, 2.05) is 0 Å². The van der Waals surface area contributed by atoms with Crippen LogP contribution in [-0.4, -0.2) is 57.0 Å². The number of amides is 2. The van der Waals surface area contributed by atoms with Crippen molar-refractivity contribution in [1.29, 1.82) is 0 Å². The number of aliphatic hydroxyl groups is 2. The largest absolute Gasteiger partial charge is 0.433 e. The van der Waals surface area contributed by atoms with Crippen LogP contribution in [0.2, 0.25) is 5.15 Å². The molecule has 3 heterocycles. The van der Waals surface area contributed by atoms with E-state index in [4.69, 9.17) is 16.3 Å². The van der Waals surface area contributed by atoms with Crippen molar-refractivity contribution >= 4 is 35.2 Å². The Hall–Kier alpha value is -3.24. The van der Waals surface area contributed by atoms with Crippen LogP contribution in [0.15, 0.2) is 18.2 Å². The highest BCUT2D eigenvalue weighted by atomic mass is 35.5. The molecule has 2 aromatic heterocycles. The lowest BCUT2D eigenvalue weighted by Gasteiger charge is -2.27. The van der Waals surface area contributed by atoms with Crippen LogP contribution in [0.4, 0.5) is 47.2 Å². The molecule has 3 rings (SSSR count). The average molecular weight is 561 g/mol. The Labute approximate surface area is 208 Å². The summed E-state index contributed by atoms with van der Waals surface area (Å²) >= 11 is 5.61. The Morgan fingerprint density at radius 3 is 2.24 bits per heavy atom. The number of hydrogen-bond acceptors (Lipinski definition) is 7. The average Bonchev–Trinajstić information content (AvgIpc) is 3.01. The van der Waals surface area contributed by atoms with Gasteiger partial charge in [-0.05, 0) is 32.0 Å². The number of carbonyl (C=O) groups is 2. The SMILES string of the molecule is CC(C)N(C(=O)Oc1c(C(F)(F)F)cc(C(F)(F)F)nc1N1C[C@H](O)[C@H](O)C1=O)c1ccc(F)c(Cl)n1. The summed E-state index contributed by atoms with van der Waals surface area (Å²) in [5.74, 6) is -5.90. The molecular weight excluding hydrogens is 545 g/mol. The molecule has 0 spiro atoms. The molecule has 202 valence electrons. The van der Waals surface area contributed by atoms with Gasteiger partial charge in [-0.15, -0.1) is 0 Å². The Kier molecular flexibility index (Phi) is 7.58. The zero-order valence-corrected chi connectivity index (χ0v) is 19.4. The van der Waals surface area contributed by atoms with Gasteiger partial charge in [-0.3, -0.25) is 14.6 Å². The third kappa shape index (κ3) is 5.70. The first kappa shape index (κ1) is 28.3. The summed E-state index contributed by atoms with van der Waals surface area (Å²) in [6.45, 7) is 1.75. The van der Waals surface area contributed by atoms with Gasteiger partial charge in [-0.25, -0.2) is 19.2 Å². The molecule has 37 heavy (non-hydrogen) atoms. The van der Waals surface area contributed by atoms with Gasteiger partial charge in [0.2, 0.25) is 0 Å². The van der Waals surface area contributed by atoms with Gasteiger partial charge >= 0.3 is 18.4 Å². The van der Waals surface area contributed by atoms with Crippen LogP contribution in [-0.2, 0) is 17.1 Å². The summed E-state index contributed by atoms with van der Waals surface area (Å²) in [5.41, 5.74) is -4.22. The second kappa shape index (κ2) is 9.90. The van der Waals surface area contributed by atoms with Crippen LogP contribution in [0, 0.1) is 5.82 Å². The first-order valence-electron chi connectivity index (χ1n) is 10.1. The highest BCUT2D eigenvalue weighted by molar-refractivity contribution is 6.29. The number of halogens is 8. The summed E-state index contributed by atoms with van der Waals surface area (Å²) < 4.78 is 100. The van der Waals surface area contributed by atoms with Crippen LogP contribution < -0.4 is 14.5 Å². The molecule has 1 aliphatic heterocycles. The minimum absolute atomic E-state index is 0.134. The molecule has 0 aromatic carbocycles. The molecule has 2 amide bonds. The van der Waals surface area contributed by atoms with Gasteiger partial charge in [-0.2, -0.15) is 26.3 Å². The Bertz CT molecular complexity index is 1220. The van der Waals surface area contributed by atoms with E-state index < -0.39 is 89.0 Å². The second-order valence-corrected chi connectivity index (χ2v) is 8.30. The molecule has 2 N–H and O–H groups in total. The van der Waals surface area contributed by atoms with Gasteiger partial charge in [0.15, 0.2) is 28.6 Å². The summed E-state index contributed by atoms with van der Waals surface area (Å²) in [7, 11) is 0. The molecule has 0 aliphatic carbocycles. The number of β-amino-alcohol motifs (C(OH)–C–C–N with tert-alkyl or cyclic N) is 1. The van der Waals surface area contributed by atoms with Gasteiger partial charge < -0.3 is 14.9 Å². The number of pyridine rings is 2. The molecule has 2 aromatic rings. The number of ether oxygens (including phenoxy) is 1. The summed E-state index contributed by atoms with van der Waals surface area (Å²) in [6, 6.07) is 0.395. The van der Waals surface area contributed by atoms with Gasteiger partial charge in [0.05, 0.1) is 6.54 Å². The van der Waals surface area contributed by atoms with Gasteiger partial charge in [0.1, 0.15) is 23.2 Å². The minimum atomic E-state index is -5.56. The molecule has 17 heteroatoms. The highest BCUT2D eigenvalue weighted by Crippen LogP contribution is 2.45. The van der Waals surface area contributed by atoms with Crippen molar-refractivity contribution in [3.8, 4) is 5.75 Å². The molecular formula is C20H16ClF7N4O5. The number of anilines is 2. The number of hydrogen-bond donors (Lipinski definition) is 2. The Balaban J connectivity index is 2.22. The standard InChI is InChI=1S/C20H16ClF7N4O5/c1-7(2)32(12-4-3-9(22)15(21)30-12)18(36)37-14-8(19(23,24)25)5-11(20(26,27)28)29-16(14)31-6-10(33)13(34)17(31)35/h3-5,7,10,13,33-34H,6H2,1-2H3/t10-,13-/m0/s1. The molecule has 0 unspecified atom stereocenters. The Morgan fingerprint density at radius 2 is 1.78 bits per heavy atom. The third-order valence-corrected chi connectivity index (χ3v) is 5.26. The topological polar surface area (TPSA) is 116 Å². The van der Waals surface area contributed by atoms with E-state index in [9.17, 15) is 50.5 Å². The van der Waals surface area contributed by atoms with Gasteiger partial charge in [0.25, 0.3) is 5.91 Å². The lowest BCUT2D eigenvalue weighted by atomic mass is 10.1. The Morgan fingerprint density at radius 1 is 1.16 bits per heavy atom. The number of carbonyl (C=O) groups excluding carboxylic acids is 2. The van der Waals surface area contributed by atoms with Crippen molar-refractivity contribution in [1.82, 2.24) is 9.97 Å². The van der Waals surface area contributed by atoms with Crippen molar-refractivity contribution < 1.29 is 55.3 Å². The van der Waals surface area contributed by atoms with E-state index in [-0.39, 0.29) is 10.7 Å². The quantitative estimate of drug-likeness (QED) is 0.432. The highest BCUT2D eigenvalue weighted by Gasteiger charge is 2.47. The summed E-state index contributed by atoms with van der Waals surface area (Å²) in [4.78, 5) is 32.7. The predicted octanol–water partition coefficient (Wildman–Crippen LogP) is 3.79. The lowest BCUT2D eigenvalue weighted by molar-refractivity contribution is -0.146. The fourth-order valence-corrected chi connectivity index (χ4v) is 3.45. The molecule has 1 saturated heterocycles. The second-order valence-electron chi connectivity index (χ2n) is 7.94. The first-order chi connectivity index (χ1) is 16.9. The monoisotopic (exact) mass is 560 g/mol. The zero-order chi connectivity index (χ0) is 28.0. The van der Waals surface area contributed by atoms with Crippen molar-refractivity contribution in [2.45, 2.75) is 44.4 Å². The molecule has 0 saturated carbocycles. The van der Waals surface area contributed by atoms with Crippen LogP contribution >= 0.6 is 11.6 Å². The van der Waals surface area contributed by atoms with Crippen LogP contribution in [0.1, 0.15) is 25.1 Å². The van der Waals surface area contributed by atoms with Crippen molar-refractivity contribution in [3.63, 3.8) is 0 Å². The number of aromatic nitrogens is 2. The molecule has 0 radical (unpaired) electrons. The van der Waals surface area contributed by atoms with E-state index >= 15 is 0 Å². The van der Waals surface area contributed by atoms with Crippen LogP contribution in [0.3, 0.4) is 0 Å². The summed E-state index contributed by atoms with van der Waals surface area (Å²) in [5, 5.41) is 18.7. The van der Waals surface area contributed by atoms with Crippen molar-refractivity contribution in [3.05, 3.63) is 40.4 Å². The van der Waals surface area contributed by atoms with Gasteiger partial charge in [-0.1, -0.05) is 11.6 Å². The molecule has 2 atom stereocenters. The fourth-order valence-electron chi connectivity index (χ4n) is 3.30. The number of alkyl halides is 6. The summed E-state index contributed by atoms with van der Waals surface area (Å²) in [6.07, 6.45) is -16.7. The third-order valence-electron chi connectivity index (χ3n) is 5.00. The number of rotatable bonds is 4. The zero-order valence-electron chi connectivity index (χ0n) is 18.6. The van der Waals surface area contributed by atoms with E-state index in [2.05, 4.69) is 9.97 Å². The number of aliphatic hydroxyl groups excluding tert-OH is 2. The molecule has 1 fully saturated rings. The van der Waals surface area contributed by atoms with E-state index in [1.165, 1.54) is 13.8 Å². The maximum absolute atomic E-state index is 13.9. The van der Waals surface area contributed by atoms with Crippen molar-refractivity contribution in [2.75, 3.05) is 16.3 Å². The molecule has 1 aliphatic rings. The van der Waals surface area contributed by atoms with Crippen LogP contribution in [0.5, 0.6) is 5.75 Å². The van der Waals surface area contributed by atoms with Crippen molar-refractivity contribution in [2.24, 2.45) is 0 Å². The maximum atomic E-state index is 13.9. The van der Waals surface area contributed by atoms with E-state index in [0.29, 0.717) is 4.90 Å². The number of nitrogens with zero attached hydrogens (tertiary/aromatic N) is 4. The minimum Gasteiger partial charge on any atom is -0.405 e.